The Morgan fingerprint density at radius 3 is 2.95 bits per heavy atom. The Bertz CT molecular complexity index is 788. The lowest BCUT2D eigenvalue weighted by Crippen LogP contribution is -2.27. The van der Waals surface area contributed by atoms with Crippen LogP contribution in [-0.4, -0.2) is 20.8 Å². The van der Waals surface area contributed by atoms with E-state index in [4.69, 9.17) is 4.52 Å². The predicted octanol–water partition coefficient (Wildman–Crippen LogP) is 2.94. The van der Waals surface area contributed by atoms with Crippen LogP contribution in [0.25, 0.3) is 10.6 Å². The van der Waals surface area contributed by atoms with E-state index in [1.807, 2.05) is 44.6 Å². The van der Waals surface area contributed by atoms with E-state index >= 15 is 0 Å². The normalized spacial score (nSPS) is 12.3. The molecule has 0 aromatic carbocycles. The lowest BCUT2D eigenvalue weighted by Gasteiger charge is -2.11. The van der Waals surface area contributed by atoms with Gasteiger partial charge in [0, 0.05) is 24.9 Å². The molecule has 114 valence electrons. The summed E-state index contributed by atoms with van der Waals surface area (Å²) in [7, 11) is 1.86. The van der Waals surface area contributed by atoms with Gasteiger partial charge < -0.3 is 9.84 Å². The van der Waals surface area contributed by atoms with E-state index in [0.29, 0.717) is 5.76 Å². The highest BCUT2D eigenvalue weighted by molar-refractivity contribution is 7.13. The van der Waals surface area contributed by atoms with Crippen LogP contribution in [0.15, 0.2) is 34.3 Å². The Morgan fingerprint density at radius 2 is 2.32 bits per heavy atom. The summed E-state index contributed by atoms with van der Waals surface area (Å²) in [6.45, 7) is 3.84. The predicted molar refractivity (Wildman–Crippen MR) is 83.6 cm³/mol. The number of rotatable bonds is 4. The second-order valence-electron chi connectivity index (χ2n) is 5.09. The molecule has 0 saturated carbocycles. The van der Waals surface area contributed by atoms with Crippen molar-refractivity contribution in [2.75, 3.05) is 0 Å². The van der Waals surface area contributed by atoms with E-state index in [9.17, 15) is 4.79 Å². The van der Waals surface area contributed by atoms with E-state index in [-0.39, 0.29) is 17.6 Å². The second-order valence-corrected chi connectivity index (χ2v) is 6.04. The van der Waals surface area contributed by atoms with E-state index < -0.39 is 0 Å². The molecule has 1 unspecified atom stereocenters. The van der Waals surface area contributed by atoms with E-state index in [1.54, 1.807) is 22.1 Å². The first-order chi connectivity index (χ1) is 10.5. The summed E-state index contributed by atoms with van der Waals surface area (Å²) < 4.78 is 6.96. The molecule has 0 radical (unpaired) electrons. The Balaban J connectivity index is 1.73. The number of aromatic nitrogens is 3. The molecule has 3 rings (SSSR count). The van der Waals surface area contributed by atoms with Gasteiger partial charge in [0.25, 0.3) is 5.91 Å². The topological polar surface area (TPSA) is 73.0 Å². The first kappa shape index (κ1) is 14.5. The number of nitrogens with one attached hydrogen (secondary N) is 1. The summed E-state index contributed by atoms with van der Waals surface area (Å²) in [4.78, 5) is 13.2. The van der Waals surface area contributed by atoms with Crippen LogP contribution in [0.1, 0.15) is 34.7 Å². The molecule has 0 saturated heterocycles. The lowest BCUT2D eigenvalue weighted by atomic mass is 10.1. The van der Waals surface area contributed by atoms with Gasteiger partial charge in [-0.3, -0.25) is 9.48 Å². The molecule has 0 bridgehead atoms. The highest BCUT2D eigenvalue weighted by Gasteiger charge is 2.19. The van der Waals surface area contributed by atoms with E-state index in [2.05, 4.69) is 15.6 Å². The van der Waals surface area contributed by atoms with Crippen LogP contribution < -0.4 is 5.32 Å². The highest BCUT2D eigenvalue weighted by Crippen LogP contribution is 2.25. The average Bonchev–Trinajstić information content (AvgIpc) is 3.17. The van der Waals surface area contributed by atoms with Crippen molar-refractivity contribution >= 4 is 17.2 Å². The van der Waals surface area contributed by atoms with Crippen LogP contribution in [0.3, 0.4) is 0 Å². The number of hydrogen-bond acceptors (Lipinski definition) is 5. The van der Waals surface area contributed by atoms with Gasteiger partial charge in [0.15, 0.2) is 11.5 Å². The Labute approximate surface area is 131 Å². The Morgan fingerprint density at radius 1 is 1.50 bits per heavy atom. The summed E-state index contributed by atoms with van der Waals surface area (Å²) in [6, 6.07) is 5.36. The van der Waals surface area contributed by atoms with Crippen molar-refractivity contribution < 1.29 is 9.32 Å². The first-order valence-corrected chi connectivity index (χ1v) is 7.74. The quantitative estimate of drug-likeness (QED) is 0.803. The third-order valence-corrected chi connectivity index (χ3v) is 4.26. The van der Waals surface area contributed by atoms with Crippen LogP contribution in [0, 0.1) is 6.92 Å². The zero-order chi connectivity index (χ0) is 15.7. The molecule has 0 aliphatic rings. The number of carbonyl (C=O) groups is 1. The van der Waals surface area contributed by atoms with Crippen LogP contribution in [0.2, 0.25) is 0 Å². The number of amides is 1. The monoisotopic (exact) mass is 316 g/mol. The number of carbonyl (C=O) groups excluding carboxylic acids is 1. The van der Waals surface area contributed by atoms with Crippen molar-refractivity contribution in [2.45, 2.75) is 19.9 Å². The first-order valence-electron chi connectivity index (χ1n) is 6.86. The fourth-order valence-electron chi connectivity index (χ4n) is 2.31. The van der Waals surface area contributed by atoms with Gasteiger partial charge in [0.05, 0.1) is 16.6 Å². The summed E-state index contributed by atoms with van der Waals surface area (Å²) >= 11 is 1.54. The molecule has 1 atom stereocenters. The maximum Gasteiger partial charge on any atom is 0.273 e. The summed E-state index contributed by atoms with van der Waals surface area (Å²) in [5, 5.41) is 13.0. The zero-order valence-corrected chi connectivity index (χ0v) is 13.3. The average molecular weight is 316 g/mol. The van der Waals surface area contributed by atoms with Crippen LogP contribution in [-0.2, 0) is 7.05 Å². The van der Waals surface area contributed by atoms with Gasteiger partial charge in [-0.1, -0.05) is 11.2 Å². The van der Waals surface area contributed by atoms with Crippen LogP contribution >= 0.6 is 11.3 Å². The summed E-state index contributed by atoms with van der Waals surface area (Å²) in [5.41, 5.74) is 2.16. The molecule has 3 aromatic rings. The maximum atomic E-state index is 12.3. The number of thiophene rings is 1. The van der Waals surface area contributed by atoms with Gasteiger partial charge in [-0.05, 0) is 25.3 Å². The zero-order valence-electron chi connectivity index (χ0n) is 12.5. The minimum atomic E-state index is -0.262. The third kappa shape index (κ3) is 2.80. The largest absolute Gasteiger partial charge is 0.355 e. The summed E-state index contributed by atoms with van der Waals surface area (Å²) in [6.07, 6.45) is 1.90. The molecule has 3 heterocycles. The fraction of sp³-hybridized carbons (Fsp3) is 0.267. The molecular weight excluding hydrogens is 300 g/mol. The SMILES string of the molecule is Cc1nn(C)cc1C(C)NC(=O)c1cc(-c2cccs2)on1. The van der Waals surface area contributed by atoms with Crippen molar-refractivity contribution in [3.63, 3.8) is 0 Å². The Kier molecular flexibility index (Phi) is 3.81. The molecule has 1 amide bonds. The number of hydrogen-bond donors (Lipinski definition) is 1. The van der Waals surface area contributed by atoms with E-state index in [1.165, 1.54) is 0 Å². The lowest BCUT2D eigenvalue weighted by molar-refractivity contribution is 0.0931. The molecule has 22 heavy (non-hydrogen) atoms. The standard InChI is InChI=1S/C15H16N4O2S/c1-9(11-8-19(3)17-10(11)2)16-15(20)12-7-13(21-18-12)14-5-4-6-22-14/h4-9H,1-3H3,(H,16,20). The number of aryl methyl sites for hydroxylation is 2. The second kappa shape index (κ2) is 5.76. The van der Waals surface area contributed by atoms with Crippen molar-refractivity contribution in [3.05, 3.63) is 46.7 Å². The van der Waals surface area contributed by atoms with Crippen LogP contribution in [0.4, 0.5) is 0 Å². The van der Waals surface area contributed by atoms with Crippen molar-refractivity contribution in [2.24, 2.45) is 7.05 Å². The van der Waals surface area contributed by atoms with Crippen molar-refractivity contribution in [1.29, 1.82) is 0 Å². The maximum absolute atomic E-state index is 12.3. The summed E-state index contributed by atoms with van der Waals surface area (Å²) in [5.74, 6) is 0.340. The molecule has 7 heteroatoms. The number of nitrogens with zero attached hydrogens (tertiary/aromatic N) is 3. The minimum Gasteiger partial charge on any atom is -0.355 e. The molecule has 6 nitrogen and oxygen atoms in total. The highest BCUT2D eigenvalue weighted by atomic mass is 32.1. The Hall–Kier alpha value is -2.41. The molecule has 0 aliphatic carbocycles. The molecule has 0 spiro atoms. The van der Waals surface area contributed by atoms with Crippen molar-refractivity contribution in [3.8, 4) is 10.6 Å². The molecule has 3 aromatic heterocycles. The fourth-order valence-corrected chi connectivity index (χ4v) is 2.98. The van der Waals surface area contributed by atoms with Gasteiger partial charge in [-0.25, -0.2) is 0 Å². The van der Waals surface area contributed by atoms with Gasteiger partial charge in [-0.15, -0.1) is 11.3 Å². The smallest absolute Gasteiger partial charge is 0.273 e. The molecule has 0 fully saturated rings. The van der Waals surface area contributed by atoms with Crippen LogP contribution in [0.5, 0.6) is 0 Å². The van der Waals surface area contributed by atoms with Gasteiger partial charge in [0.1, 0.15) is 0 Å². The third-order valence-electron chi connectivity index (χ3n) is 3.37. The molecule has 1 N–H and O–H groups in total. The minimum absolute atomic E-state index is 0.150. The molecule has 0 aliphatic heterocycles. The van der Waals surface area contributed by atoms with Crippen molar-refractivity contribution in [1.82, 2.24) is 20.3 Å². The van der Waals surface area contributed by atoms with Gasteiger partial charge >= 0.3 is 0 Å². The van der Waals surface area contributed by atoms with Gasteiger partial charge in [-0.2, -0.15) is 5.10 Å². The van der Waals surface area contributed by atoms with E-state index in [0.717, 1.165) is 16.1 Å². The van der Waals surface area contributed by atoms with Gasteiger partial charge in [0.2, 0.25) is 0 Å². The molecular formula is C15H16N4O2S.